The third-order valence-corrected chi connectivity index (χ3v) is 4.96. The molecule has 0 radical (unpaired) electrons. The molecule has 2 amide bonds. The van der Waals surface area contributed by atoms with Crippen LogP contribution in [0.4, 0.5) is 11.4 Å². The van der Waals surface area contributed by atoms with Crippen molar-refractivity contribution in [2.45, 2.75) is 13.0 Å². The first kappa shape index (κ1) is 17.2. The lowest BCUT2D eigenvalue weighted by molar-refractivity contribution is -0.125. The SMILES string of the molecule is CC(C(=O)Nc1ccccc1)N1C(=O)COc2ccc(-c3cscn3)cc21. The second-order valence-corrected chi connectivity index (χ2v) is 6.86. The van der Waals surface area contributed by atoms with Gasteiger partial charge in [0.25, 0.3) is 5.91 Å². The third-order valence-electron chi connectivity index (χ3n) is 4.37. The molecule has 7 heteroatoms. The van der Waals surface area contributed by atoms with Crippen LogP contribution in [-0.2, 0) is 9.59 Å². The minimum Gasteiger partial charge on any atom is -0.482 e. The van der Waals surface area contributed by atoms with E-state index >= 15 is 0 Å². The zero-order chi connectivity index (χ0) is 18.8. The van der Waals surface area contributed by atoms with Gasteiger partial charge in [0.05, 0.1) is 16.9 Å². The molecule has 0 saturated heterocycles. The number of carbonyl (C=O) groups excluding carboxylic acids is 2. The molecular weight excluding hydrogens is 362 g/mol. The maximum atomic E-state index is 12.7. The van der Waals surface area contributed by atoms with Gasteiger partial charge in [0, 0.05) is 16.6 Å². The van der Waals surface area contributed by atoms with Crippen molar-refractivity contribution in [1.82, 2.24) is 4.98 Å². The molecule has 27 heavy (non-hydrogen) atoms. The Balaban J connectivity index is 1.65. The van der Waals surface area contributed by atoms with Crippen molar-refractivity contribution < 1.29 is 14.3 Å². The van der Waals surface area contributed by atoms with Crippen molar-refractivity contribution in [3.63, 3.8) is 0 Å². The number of benzene rings is 2. The molecule has 1 atom stereocenters. The van der Waals surface area contributed by atoms with Crippen molar-refractivity contribution in [2.75, 3.05) is 16.8 Å². The van der Waals surface area contributed by atoms with Gasteiger partial charge >= 0.3 is 0 Å². The van der Waals surface area contributed by atoms with Crippen LogP contribution in [0.1, 0.15) is 6.92 Å². The molecule has 3 aromatic rings. The number of nitrogens with zero attached hydrogens (tertiary/aromatic N) is 2. The lowest BCUT2D eigenvalue weighted by Gasteiger charge is -2.33. The fraction of sp³-hybridized carbons (Fsp3) is 0.150. The number of hydrogen-bond donors (Lipinski definition) is 1. The molecule has 2 heterocycles. The first-order valence-corrected chi connectivity index (χ1v) is 9.41. The maximum Gasteiger partial charge on any atom is 0.265 e. The summed E-state index contributed by atoms with van der Waals surface area (Å²) in [6.45, 7) is 1.62. The highest BCUT2D eigenvalue weighted by molar-refractivity contribution is 7.07. The minimum atomic E-state index is -0.689. The van der Waals surface area contributed by atoms with Crippen molar-refractivity contribution in [2.24, 2.45) is 0 Å². The van der Waals surface area contributed by atoms with Crippen LogP contribution in [0.3, 0.4) is 0 Å². The first-order chi connectivity index (χ1) is 13.1. The number of amides is 2. The van der Waals surface area contributed by atoms with E-state index in [0.29, 0.717) is 17.1 Å². The predicted octanol–water partition coefficient (Wildman–Crippen LogP) is 3.56. The summed E-state index contributed by atoms with van der Waals surface area (Å²) in [6, 6.07) is 14.0. The number of para-hydroxylation sites is 1. The molecule has 1 N–H and O–H groups in total. The molecule has 0 fully saturated rings. The molecule has 6 nitrogen and oxygen atoms in total. The Morgan fingerprint density at radius 2 is 2.07 bits per heavy atom. The van der Waals surface area contributed by atoms with Crippen LogP contribution in [0, 0.1) is 0 Å². The zero-order valence-electron chi connectivity index (χ0n) is 14.6. The van der Waals surface area contributed by atoms with E-state index in [1.54, 1.807) is 24.6 Å². The summed E-state index contributed by atoms with van der Waals surface area (Å²) in [5.41, 5.74) is 4.71. The summed E-state index contributed by atoms with van der Waals surface area (Å²) in [5.74, 6) is 0.0584. The van der Waals surface area contributed by atoms with Gasteiger partial charge in [-0.05, 0) is 37.3 Å². The van der Waals surface area contributed by atoms with E-state index in [1.165, 1.54) is 16.2 Å². The number of rotatable bonds is 4. The van der Waals surface area contributed by atoms with Crippen LogP contribution in [0.15, 0.2) is 59.4 Å². The summed E-state index contributed by atoms with van der Waals surface area (Å²) in [6.07, 6.45) is 0. The lowest BCUT2D eigenvalue weighted by Crippen LogP contribution is -2.49. The molecule has 1 unspecified atom stereocenters. The van der Waals surface area contributed by atoms with Gasteiger partial charge in [0.15, 0.2) is 6.61 Å². The van der Waals surface area contributed by atoms with E-state index < -0.39 is 6.04 Å². The predicted molar refractivity (Wildman–Crippen MR) is 105 cm³/mol. The van der Waals surface area contributed by atoms with Crippen LogP contribution in [0.2, 0.25) is 0 Å². The summed E-state index contributed by atoms with van der Waals surface area (Å²) < 4.78 is 5.55. The Bertz CT molecular complexity index is 973. The van der Waals surface area contributed by atoms with Crippen molar-refractivity contribution in [3.8, 4) is 17.0 Å². The molecule has 2 aromatic carbocycles. The van der Waals surface area contributed by atoms with Gasteiger partial charge in [-0.3, -0.25) is 14.5 Å². The molecule has 1 aliphatic rings. The second kappa shape index (κ2) is 7.20. The number of carbonyl (C=O) groups is 2. The highest BCUT2D eigenvalue weighted by Crippen LogP contribution is 2.37. The molecular formula is C20H17N3O3S. The van der Waals surface area contributed by atoms with Gasteiger partial charge in [-0.15, -0.1) is 11.3 Å². The Hall–Kier alpha value is -3.19. The number of ether oxygens (including phenoxy) is 1. The van der Waals surface area contributed by atoms with Crippen molar-refractivity contribution in [3.05, 3.63) is 59.4 Å². The molecule has 1 aromatic heterocycles. The average Bonchev–Trinajstić information content (AvgIpc) is 3.22. The van der Waals surface area contributed by atoms with Gasteiger partial charge in [-0.1, -0.05) is 18.2 Å². The summed E-state index contributed by atoms with van der Waals surface area (Å²) >= 11 is 1.50. The van der Waals surface area contributed by atoms with Gasteiger partial charge in [-0.2, -0.15) is 0 Å². The van der Waals surface area contributed by atoms with Crippen LogP contribution in [-0.4, -0.2) is 29.4 Å². The quantitative estimate of drug-likeness (QED) is 0.752. The number of fused-ring (bicyclic) bond motifs is 1. The largest absolute Gasteiger partial charge is 0.482 e. The van der Waals surface area contributed by atoms with Crippen LogP contribution < -0.4 is 15.0 Å². The minimum absolute atomic E-state index is 0.0913. The summed E-state index contributed by atoms with van der Waals surface area (Å²) in [5, 5.41) is 4.78. The van der Waals surface area contributed by atoms with Gasteiger partial charge in [-0.25, -0.2) is 4.98 Å². The molecule has 0 spiro atoms. The Morgan fingerprint density at radius 1 is 1.26 bits per heavy atom. The number of hydrogen-bond acceptors (Lipinski definition) is 5. The highest BCUT2D eigenvalue weighted by atomic mass is 32.1. The molecule has 0 saturated carbocycles. The van der Waals surface area contributed by atoms with E-state index in [4.69, 9.17) is 4.74 Å². The number of nitrogens with one attached hydrogen (secondary N) is 1. The Kier molecular flexibility index (Phi) is 4.60. The Morgan fingerprint density at radius 3 is 2.81 bits per heavy atom. The van der Waals surface area contributed by atoms with E-state index in [-0.39, 0.29) is 18.4 Å². The van der Waals surface area contributed by atoms with Gasteiger partial charge in [0.1, 0.15) is 11.8 Å². The van der Waals surface area contributed by atoms with E-state index in [9.17, 15) is 9.59 Å². The number of thiazole rings is 1. The van der Waals surface area contributed by atoms with Gasteiger partial charge < -0.3 is 10.1 Å². The van der Waals surface area contributed by atoms with Crippen LogP contribution in [0.5, 0.6) is 5.75 Å². The fourth-order valence-corrected chi connectivity index (χ4v) is 3.56. The van der Waals surface area contributed by atoms with Crippen molar-refractivity contribution >= 4 is 34.5 Å². The number of aromatic nitrogens is 1. The second-order valence-electron chi connectivity index (χ2n) is 6.14. The number of anilines is 2. The summed E-state index contributed by atoms with van der Waals surface area (Å²) in [7, 11) is 0. The molecule has 4 rings (SSSR count). The monoisotopic (exact) mass is 379 g/mol. The van der Waals surface area contributed by atoms with Gasteiger partial charge in [0.2, 0.25) is 5.91 Å². The smallest absolute Gasteiger partial charge is 0.265 e. The topological polar surface area (TPSA) is 71.5 Å². The lowest BCUT2D eigenvalue weighted by atomic mass is 10.1. The van der Waals surface area contributed by atoms with E-state index in [2.05, 4.69) is 10.3 Å². The first-order valence-electron chi connectivity index (χ1n) is 8.47. The average molecular weight is 379 g/mol. The Labute approximate surface area is 160 Å². The van der Waals surface area contributed by atoms with Crippen LogP contribution in [0.25, 0.3) is 11.3 Å². The molecule has 136 valence electrons. The van der Waals surface area contributed by atoms with E-state index in [1.807, 2.05) is 41.8 Å². The molecule has 0 bridgehead atoms. The molecule has 1 aliphatic heterocycles. The molecule has 0 aliphatic carbocycles. The van der Waals surface area contributed by atoms with Crippen molar-refractivity contribution in [1.29, 1.82) is 0 Å². The fourth-order valence-electron chi connectivity index (χ4n) is 3.00. The zero-order valence-corrected chi connectivity index (χ0v) is 15.4. The highest BCUT2D eigenvalue weighted by Gasteiger charge is 2.33. The normalized spacial score (nSPS) is 14.3. The van der Waals surface area contributed by atoms with E-state index in [0.717, 1.165) is 11.3 Å². The maximum absolute atomic E-state index is 12.7. The van der Waals surface area contributed by atoms with Crippen LogP contribution >= 0.6 is 11.3 Å². The summed E-state index contributed by atoms with van der Waals surface area (Å²) in [4.78, 5) is 31.1. The third kappa shape index (κ3) is 3.41. The standard InChI is InChI=1S/C20H17N3O3S/c1-13(20(25)22-15-5-3-2-4-6-15)23-17-9-14(16-11-27-12-21-16)7-8-18(17)26-10-19(23)24/h2-9,11-13H,10H2,1H3,(H,22,25).